The molecule has 1 heterocycles. The number of benzene rings is 1. The molecule has 0 aliphatic carbocycles. The molecule has 0 saturated carbocycles. The maximum atomic E-state index is 12.2. The Balaban J connectivity index is 2.45. The molecule has 0 aliphatic rings. The van der Waals surface area contributed by atoms with Gasteiger partial charge in [0.25, 0.3) is 5.56 Å². The van der Waals surface area contributed by atoms with Crippen LogP contribution in [0.1, 0.15) is 24.0 Å². The number of aromatic nitrogens is 2. The molecule has 0 radical (unpaired) electrons. The zero-order valence-corrected chi connectivity index (χ0v) is 13.8. The Morgan fingerprint density at radius 1 is 1.17 bits per heavy atom. The summed E-state index contributed by atoms with van der Waals surface area (Å²) in [6, 6.07) is 11.9. The number of rotatable bonds is 4. The molecular weight excluding hydrogens is 292 g/mol. The summed E-state index contributed by atoms with van der Waals surface area (Å²) >= 11 is 0. The summed E-state index contributed by atoms with van der Waals surface area (Å²) in [6.45, 7) is 2.65. The number of hydrogen-bond donors (Lipinski definition) is 0. The van der Waals surface area contributed by atoms with Crippen LogP contribution in [0.3, 0.4) is 0 Å². The van der Waals surface area contributed by atoms with Crippen LogP contribution in [0.25, 0.3) is 0 Å². The van der Waals surface area contributed by atoms with Crippen molar-refractivity contribution in [3.63, 3.8) is 0 Å². The van der Waals surface area contributed by atoms with E-state index in [-0.39, 0.29) is 11.5 Å². The normalized spacial score (nSPS) is 11.8. The minimum Gasteiger partial charge on any atom is -0.359 e. The van der Waals surface area contributed by atoms with Crippen LogP contribution in [0.15, 0.2) is 39.9 Å². The van der Waals surface area contributed by atoms with E-state index < -0.39 is 11.2 Å². The van der Waals surface area contributed by atoms with Crippen molar-refractivity contribution in [1.29, 1.82) is 5.26 Å². The van der Waals surface area contributed by atoms with E-state index in [1.165, 1.54) is 11.6 Å². The van der Waals surface area contributed by atoms with E-state index in [2.05, 4.69) is 6.92 Å². The predicted molar refractivity (Wildman–Crippen MR) is 89.8 cm³/mol. The maximum Gasteiger partial charge on any atom is 0.332 e. The van der Waals surface area contributed by atoms with Crippen molar-refractivity contribution in [3.8, 4) is 6.07 Å². The SMILES string of the molecule is C[C@@H](CN(C)c1c(C#N)c(=O)n(C)c(=O)n1C)c1ccccc1. The molecule has 0 amide bonds. The van der Waals surface area contributed by atoms with Gasteiger partial charge in [-0.25, -0.2) is 4.79 Å². The smallest absolute Gasteiger partial charge is 0.332 e. The van der Waals surface area contributed by atoms with Gasteiger partial charge in [0, 0.05) is 27.7 Å². The van der Waals surface area contributed by atoms with Crippen LogP contribution >= 0.6 is 0 Å². The first-order valence-electron chi connectivity index (χ1n) is 7.34. The third kappa shape index (κ3) is 3.04. The van der Waals surface area contributed by atoms with E-state index in [4.69, 9.17) is 0 Å². The van der Waals surface area contributed by atoms with Gasteiger partial charge in [0.1, 0.15) is 11.9 Å². The average Bonchev–Trinajstić information content (AvgIpc) is 2.56. The van der Waals surface area contributed by atoms with Crippen molar-refractivity contribution >= 4 is 5.82 Å². The second-order valence-electron chi connectivity index (χ2n) is 5.71. The lowest BCUT2D eigenvalue weighted by Crippen LogP contribution is -2.42. The van der Waals surface area contributed by atoms with E-state index in [9.17, 15) is 14.9 Å². The Hall–Kier alpha value is -2.81. The van der Waals surface area contributed by atoms with Gasteiger partial charge in [-0.15, -0.1) is 0 Å². The van der Waals surface area contributed by atoms with Crippen LogP contribution in [0.2, 0.25) is 0 Å². The fourth-order valence-electron chi connectivity index (χ4n) is 2.76. The highest BCUT2D eigenvalue weighted by Gasteiger charge is 2.20. The Kier molecular flexibility index (Phi) is 4.70. The molecule has 6 nitrogen and oxygen atoms in total. The standard InChI is InChI=1S/C17H20N4O2/c1-12(13-8-6-5-7-9-13)11-19(2)15-14(10-18)16(22)21(4)17(23)20(15)3/h5-9,12H,11H2,1-4H3/t12-/m0/s1. The third-order valence-corrected chi connectivity index (χ3v) is 4.02. The molecule has 0 saturated heterocycles. The first-order valence-corrected chi connectivity index (χ1v) is 7.34. The lowest BCUT2D eigenvalue weighted by molar-refractivity contribution is 0.650. The Morgan fingerprint density at radius 2 is 1.78 bits per heavy atom. The molecular formula is C17H20N4O2. The van der Waals surface area contributed by atoms with Gasteiger partial charge in [0.15, 0.2) is 5.56 Å². The largest absolute Gasteiger partial charge is 0.359 e. The van der Waals surface area contributed by atoms with Gasteiger partial charge in [-0.2, -0.15) is 5.26 Å². The summed E-state index contributed by atoms with van der Waals surface area (Å²) in [4.78, 5) is 26.1. The number of nitrogens with zero attached hydrogens (tertiary/aromatic N) is 4. The molecule has 2 aromatic rings. The fourth-order valence-corrected chi connectivity index (χ4v) is 2.76. The summed E-state index contributed by atoms with van der Waals surface area (Å²) < 4.78 is 2.30. The van der Waals surface area contributed by atoms with E-state index in [1.807, 2.05) is 36.4 Å². The molecule has 2 rings (SSSR count). The summed E-state index contributed by atoms with van der Waals surface area (Å²) in [5, 5.41) is 9.33. The van der Waals surface area contributed by atoms with Gasteiger partial charge < -0.3 is 4.90 Å². The molecule has 1 atom stereocenters. The molecule has 0 unspecified atom stereocenters. The Labute approximate surface area is 134 Å². The van der Waals surface area contributed by atoms with Crippen LogP contribution in [0.5, 0.6) is 0 Å². The first-order chi connectivity index (χ1) is 10.9. The fraction of sp³-hybridized carbons (Fsp3) is 0.353. The van der Waals surface area contributed by atoms with Gasteiger partial charge in [-0.05, 0) is 11.5 Å². The highest BCUT2D eigenvalue weighted by Crippen LogP contribution is 2.20. The highest BCUT2D eigenvalue weighted by atomic mass is 16.2. The van der Waals surface area contributed by atoms with Crippen LogP contribution < -0.4 is 16.1 Å². The zero-order chi connectivity index (χ0) is 17.1. The monoisotopic (exact) mass is 312 g/mol. The van der Waals surface area contributed by atoms with Gasteiger partial charge in [0.05, 0.1) is 0 Å². The number of anilines is 1. The number of hydrogen-bond acceptors (Lipinski definition) is 4. The van der Waals surface area contributed by atoms with Crippen LogP contribution in [0.4, 0.5) is 5.82 Å². The molecule has 1 aromatic heterocycles. The summed E-state index contributed by atoms with van der Waals surface area (Å²) in [5.41, 5.74) is 0.136. The topological polar surface area (TPSA) is 71.0 Å². The summed E-state index contributed by atoms with van der Waals surface area (Å²) in [7, 11) is 4.73. The van der Waals surface area contributed by atoms with Crippen molar-refractivity contribution in [1.82, 2.24) is 9.13 Å². The van der Waals surface area contributed by atoms with Gasteiger partial charge in [0.2, 0.25) is 0 Å². The van der Waals surface area contributed by atoms with Crippen molar-refractivity contribution in [2.45, 2.75) is 12.8 Å². The first kappa shape index (κ1) is 16.6. The van der Waals surface area contributed by atoms with E-state index in [0.29, 0.717) is 12.4 Å². The predicted octanol–water partition coefficient (Wildman–Crippen LogP) is 1.20. The van der Waals surface area contributed by atoms with Crippen LogP contribution in [-0.2, 0) is 14.1 Å². The second-order valence-corrected chi connectivity index (χ2v) is 5.71. The lowest BCUT2D eigenvalue weighted by atomic mass is 10.0. The molecule has 0 fully saturated rings. The summed E-state index contributed by atoms with van der Waals surface area (Å²) in [5.74, 6) is 0.537. The minimum absolute atomic E-state index is 0.0163. The zero-order valence-electron chi connectivity index (χ0n) is 13.8. The van der Waals surface area contributed by atoms with Crippen LogP contribution in [0, 0.1) is 11.3 Å². The highest BCUT2D eigenvalue weighted by molar-refractivity contribution is 5.53. The van der Waals surface area contributed by atoms with E-state index in [0.717, 1.165) is 10.1 Å². The van der Waals surface area contributed by atoms with Crippen molar-refractivity contribution in [3.05, 3.63) is 62.3 Å². The molecule has 0 spiro atoms. The van der Waals surface area contributed by atoms with Gasteiger partial charge >= 0.3 is 5.69 Å². The molecule has 0 aliphatic heterocycles. The van der Waals surface area contributed by atoms with Crippen molar-refractivity contribution < 1.29 is 0 Å². The minimum atomic E-state index is -0.565. The van der Waals surface area contributed by atoms with Crippen molar-refractivity contribution in [2.75, 3.05) is 18.5 Å². The van der Waals surface area contributed by atoms with Gasteiger partial charge in [-0.1, -0.05) is 37.3 Å². The molecule has 1 aromatic carbocycles. The van der Waals surface area contributed by atoms with E-state index >= 15 is 0 Å². The molecule has 6 heteroatoms. The maximum absolute atomic E-state index is 12.2. The Morgan fingerprint density at radius 3 is 2.35 bits per heavy atom. The second kappa shape index (κ2) is 6.53. The molecule has 0 N–H and O–H groups in total. The van der Waals surface area contributed by atoms with Crippen molar-refractivity contribution in [2.24, 2.45) is 14.1 Å². The molecule has 23 heavy (non-hydrogen) atoms. The number of likely N-dealkylation sites (N-methyl/N-ethyl adjacent to an activating group) is 1. The quantitative estimate of drug-likeness (QED) is 0.850. The average molecular weight is 312 g/mol. The number of nitriles is 1. The van der Waals surface area contributed by atoms with Gasteiger partial charge in [-0.3, -0.25) is 13.9 Å². The third-order valence-electron chi connectivity index (χ3n) is 4.02. The summed E-state index contributed by atoms with van der Waals surface area (Å²) in [6.07, 6.45) is 0. The van der Waals surface area contributed by atoms with Crippen LogP contribution in [-0.4, -0.2) is 22.7 Å². The van der Waals surface area contributed by atoms with E-state index in [1.54, 1.807) is 19.0 Å². The lowest BCUT2D eigenvalue weighted by Gasteiger charge is -2.26. The Bertz CT molecular complexity index is 859. The molecule has 0 bridgehead atoms. The molecule has 120 valence electrons.